The Labute approximate surface area is 126 Å². The van der Waals surface area contributed by atoms with Crippen LogP contribution < -0.4 is 10.4 Å². The van der Waals surface area contributed by atoms with Crippen LogP contribution in [0.5, 0.6) is 0 Å². The van der Waals surface area contributed by atoms with E-state index in [9.17, 15) is 9.90 Å². The largest absolute Gasteiger partial charge is 0.378 e. The molecule has 2 rings (SSSR count). The van der Waals surface area contributed by atoms with Crippen LogP contribution >= 0.6 is 9.39 Å². The standard InChI is InChI=1S/C16H19N2O2P/c19-15(13-4-2-1-3-5-13)16(20)17-11-10-12-6-8-14(18-21)9-7-12/h1-9,15,18-19H,10-11,21H2,(H,17,20)/t15-/m1/s1. The smallest absolute Gasteiger partial charge is 0.253 e. The third kappa shape index (κ3) is 4.55. The minimum absolute atomic E-state index is 0.371. The van der Waals surface area contributed by atoms with Gasteiger partial charge in [0.25, 0.3) is 5.91 Å². The topological polar surface area (TPSA) is 61.4 Å². The molecule has 110 valence electrons. The normalized spacial score (nSPS) is 11.7. The summed E-state index contributed by atoms with van der Waals surface area (Å²) in [6.45, 7) is 0.496. The zero-order chi connectivity index (χ0) is 15.1. The van der Waals surface area contributed by atoms with Crippen LogP contribution in [-0.2, 0) is 11.2 Å². The van der Waals surface area contributed by atoms with Crippen molar-refractivity contribution in [2.75, 3.05) is 11.6 Å². The van der Waals surface area contributed by atoms with Crippen LogP contribution in [0.25, 0.3) is 0 Å². The van der Waals surface area contributed by atoms with Crippen LogP contribution in [0.15, 0.2) is 54.6 Å². The van der Waals surface area contributed by atoms with E-state index in [-0.39, 0.29) is 5.91 Å². The van der Waals surface area contributed by atoms with Gasteiger partial charge in [0.2, 0.25) is 0 Å². The number of aliphatic hydroxyl groups excluding tert-OH is 1. The third-order valence-corrected chi connectivity index (χ3v) is 3.53. The molecule has 2 aromatic carbocycles. The number of nitrogens with one attached hydrogen (secondary N) is 2. The van der Waals surface area contributed by atoms with Gasteiger partial charge >= 0.3 is 0 Å². The Morgan fingerprint density at radius 3 is 2.38 bits per heavy atom. The Morgan fingerprint density at radius 2 is 1.76 bits per heavy atom. The van der Waals surface area contributed by atoms with Gasteiger partial charge in [-0.2, -0.15) is 0 Å². The molecular weight excluding hydrogens is 283 g/mol. The van der Waals surface area contributed by atoms with Crippen molar-refractivity contribution in [1.29, 1.82) is 0 Å². The molecule has 0 radical (unpaired) electrons. The van der Waals surface area contributed by atoms with E-state index in [1.54, 1.807) is 24.3 Å². The van der Waals surface area contributed by atoms with Gasteiger partial charge in [0.05, 0.1) is 0 Å². The monoisotopic (exact) mass is 302 g/mol. The van der Waals surface area contributed by atoms with Gasteiger partial charge in [-0.05, 0) is 39.1 Å². The van der Waals surface area contributed by atoms with Gasteiger partial charge in [-0.1, -0.05) is 42.5 Å². The second-order valence-electron chi connectivity index (χ2n) is 4.70. The van der Waals surface area contributed by atoms with Crippen molar-refractivity contribution in [3.8, 4) is 0 Å². The van der Waals surface area contributed by atoms with Gasteiger partial charge in [-0.25, -0.2) is 0 Å². The minimum atomic E-state index is -1.12. The fourth-order valence-electron chi connectivity index (χ4n) is 1.98. The van der Waals surface area contributed by atoms with Crippen LogP contribution in [0.2, 0.25) is 0 Å². The Balaban J connectivity index is 1.81. The van der Waals surface area contributed by atoms with E-state index in [1.165, 1.54) is 0 Å². The van der Waals surface area contributed by atoms with Crippen LogP contribution in [-0.4, -0.2) is 17.6 Å². The lowest BCUT2D eigenvalue weighted by molar-refractivity contribution is -0.129. The number of rotatable bonds is 6. The molecule has 0 aliphatic heterocycles. The molecule has 1 amide bonds. The summed E-state index contributed by atoms with van der Waals surface area (Å²) in [5.74, 6) is -0.371. The van der Waals surface area contributed by atoms with E-state index in [0.717, 1.165) is 17.7 Å². The molecule has 1 unspecified atom stereocenters. The summed E-state index contributed by atoms with van der Waals surface area (Å²) in [5.41, 5.74) is 2.76. The molecule has 0 saturated heterocycles. The highest BCUT2D eigenvalue weighted by atomic mass is 31.0. The summed E-state index contributed by atoms with van der Waals surface area (Å²) in [7, 11) is 2.44. The molecule has 0 saturated carbocycles. The number of carbonyl (C=O) groups is 1. The molecule has 21 heavy (non-hydrogen) atoms. The molecule has 0 fully saturated rings. The average molecular weight is 302 g/mol. The van der Waals surface area contributed by atoms with E-state index in [1.807, 2.05) is 30.3 Å². The Bertz CT molecular complexity index is 573. The predicted octanol–water partition coefficient (Wildman–Crippen LogP) is 2.28. The first-order valence-electron chi connectivity index (χ1n) is 6.77. The summed E-state index contributed by atoms with van der Waals surface area (Å²) < 4.78 is 0. The molecule has 3 N–H and O–H groups in total. The van der Waals surface area contributed by atoms with Crippen LogP contribution in [0.3, 0.4) is 0 Å². The summed E-state index contributed by atoms with van der Waals surface area (Å²) in [6.07, 6.45) is -0.389. The van der Waals surface area contributed by atoms with E-state index in [4.69, 9.17) is 0 Å². The van der Waals surface area contributed by atoms with Crippen LogP contribution in [0.1, 0.15) is 17.2 Å². The second-order valence-corrected chi connectivity index (χ2v) is 4.98. The lowest BCUT2D eigenvalue weighted by Gasteiger charge is -2.11. The van der Waals surface area contributed by atoms with E-state index < -0.39 is 6.10 Å². The number of carbonyl (C=O) groups excluding carboxylic acids is 1. The number of amides is 1. The van der Waals surface area contributed by atoms with Crippen molar-refractivity contribution in [3.05, 3.63) is 65.7 Å². The Kier molecular flexibility index (Phi) is 5.73. The first kappa shape index (κ1) is 15.5. The second kappa shape index (κ2) is 7.77. The van der Waals surface area contributed by atoms with Crippen molar-refractivity contribution in [2.24, 2.45) is 0 Å². The molecule has 0 heterocycles. The van der Waals surface area contributed by atoms with Gasteiger partial charge in [0.15, 0.2) is 6.10 Å². The molecule has 0 aliphatic carbocycles. The Hall–Kier alpha value is -1.90. The zero-order valence-corrected chi connectivity index (χ0v) is 12.8. The highest BCUT2D eigenvalue weighted by Gasteiger charge is 2.15. The van der Waals surface area contributed by atoms with Gasteiger partial charge in [0.1, 0.15) is 0 Å². The number of hydrogen-bond acceptors (Lipinski definition) is 3. The fraction of sp³-hybridized carbons (Fsp3) is 0.188. The predicted molar refractivity (Wildman–Crippen MR) is 87.9 cm³/mol. The highest BCUT2D eigenvalue weighted by molar-refractivity contribution is 7.18. The molecule has 4 nitrogen and oxygen atoms in total. The van der Waals surface area contributed by atoms with Crippen molar-refractivity contribution in [3.63, 3.8) is 0 Å². The molecule has 2 atom stereocenters. The number of aliphatic hydroxyl groups is 1. The van der Waals surface area contributed by atoms with Gasteiger partial charge < -0.3 is 15.5 Å². The third-order valence-electron chi connectivity index (χ3n) is 3.20. The van der Waals surface area contributed by atoms with E-state index in [2.05, 4.69) is 19.8 Å². The summed E-state index contributed by atoms with van der Waals surface area (Å²) in [6, 6.07) is 16.9. The molecular formula is C16H19N2O2P. The van der Waals surface area contributed by atoms with E-state index in [0.29, 0.717) is 12.1 Å². The number of anilines is 1. The lowest BCUT2D eigenvalue weighted by atomic mass is 10.1. The number of hydrogen-bond donors (Lipinski definition) is 3. The Morgan fingerprint density at radius 1 is 1.10 bits per heavy atom. The van der Waals surface area contributed by atoms with Gasteiger partial charge in [-0.15, -0.1) is 0 Å². The molecule has 5 heteroatoms. The minimum Gasteiger partial charge on any atom is -0.378 e. The van der Waals surface area contributed by atoms with Crippen molar-refractivity contribution >= 4 is 21.0 Å². The lowest BCUT2D eigenvalue weighted by Crippen LogP contribution is -2.30. The molecule has 0 aliphatic rings. The van der Waals surface area contributed by atoms with Crippen molar-refractivity contribution < 1.29 is 9.90 Å². The first-order chi connectivity index (χ1) is 10.2. The first-order valence-corrected chi connectivity index (χ1v) is 7.34. The summed E-state index contributed by atoms with van der Waals surface area (Å²) >= 11 is 0. The summed E-state index contributed by atoms with van der Waals surface area (Å²) in [4.78, 5) is 11.9. The van der Waals surface area contributed by atoms with E-state index >= 15 is 0 Å². The van der Waals surface area contributed by atoms with Crippen LogP contribution in [0, 0.1) is 0 Å². The van der Waals surface area contributed by atoms with Gasteiger partial charge in [0, 0.05) is 12.2 Å². The maximum absolute atomic E-state index is 11.9. The molecule has 2 aromatic rings. The maximum Gasteiger partial charge on any atom is 0.253 e. The fourth-order valence-corrected chi connectivity index (χ4v) is 2.17. The quantitative estimate of drug-likeness (QED) is 0.717. The van der Waals surface area contributed by atoms with Crippen molar-refractivity contribution in [1.82, 2.24) is 5.32 Å². The van der Waals surface area contributed by atoms with Crippen LogP contribution in [0.4, 0.5) is 5.69 Å². The zero-order valence-electron chi connectivity index (χ0n) is 11.6. The van der Waals surface area contributed by atoms with Gasteiger partial charge in [-0.3, -0.25) is 4.79 Å². The number of benzene rings is 2. The SMILES string of the molecule is O=C(NCCc1ccc(NP)cc1)[C@H](O)c1ccccc1. The highest BCUT2D eigenvalue weighted by Crippen LogP contribution is 2.13. The average Bonchev–Trinajstić information content (AvgIpc) is 2.55. The maximum atomic E-state index is 11.9. The molecule has 0 spiro atoms. The molecule has 0 aromatic heterocycles. The van der Waals surface area contributed by atoms with Crippen molar-refractivity contribution in [2.45, 2.75) is 12.5 Å². The molecule has 0 bridgehead atoms. The summed E-state index contributed by atoms with van der Waals surface area (Å²) in [5, 5.41) is 15.7.